The Balaban J connectivity index is 1.81. The molecule has 2 atom stereocenters. The van der Waals surface area contributed by atoms with E-state index in [-0.39, 0.29) is 0 Å². The van der Waals surface area contributed by atoms with Crippen LogP contribution in [0.5, 0.6) is 0 Å². The van der Waals surface area contributed by atoms with E-state index in [1.165, 1.54) is 38.5 Å². The van der Waals surface area contributed by atoms with Gasteiger partial charge in [0.25, 0.3) is 0 Å². The summed E-state index contributed by atoms with van der Waals surface area (Å²) in [6.07, 6.45) is 12.5. The lowest BCUT2D eigenvalue weighted by molar-refractivity contribution is 0.366. The molecule has 2 unspecified atom stereocenters. The summed E-state index contributed by atoms with van der Waals surface area (Å²) in [5, 5.41) is 0. The van der Waals surface area contributed by atoms with E-state index in [1.54, 1.807) is 0 Å². The van der Waals surface area contributed by atoms with Crippen LogP contribution in [0.3, 0.4) is 0 Å². The van der Waals surface area contributed by atoms with Crippen molar-refractivity contribution in [1.29, 1.82) is 0 Å². The van der Waals surface area contributed by atoms with Crippen molar-refractivity contribution in [3.63, 3.8) is 0 Å². The molecule has 2 saturated carbocycles. The van der Waals surface area contributed by atoms with E-state index < -0.39 is 0 Å². The molecule has 0 aliphatic heterocycles. The SMILES string of the molecule is [CH2]CC1C[CH]C(C2CCCC2)C1. The maximum atomic E-state index is 4.01. The molecule has 12 heavy (non-hydrogen) atoms. The number of rotatable bonds is 2. The van der Waals surface area contributed by atoms with Crippen LogP contribution in [-0.4, -0.2) is 0 Å². The monoisotopic (exact) mass is 164 g/mol. The smallest absolute Gasteiger partial charge is 0.0349 e. The maximum absolute atomic E-state index is 4.01. The van der Waals surface area contributed by atoms with Gasteiger partial charge in [-0.25, -0.2) is 0 Å². The van der Waals surface area contributed by atoms with Gasteiger partial charge in [-0.2, -0.15) is 0 Å². The maximum Gasteiger partial charge on any atom is -0.0349 e. The summed E-state index contributed by atoms with van der Waals surface area (Å²) in [5.74, 6) is 2.95. The van der Waals surface area contributed by atoms with E-state index in [9.17, 15) is 0 Å². The molecule has 68 valence electrons. The van der Waals surface area contributed by atoms with Gasteiger partial charge < -0.3 is 0 Å². The van der Waals surface area contributed by atoms with Crippen molar-refractivity contribution in [3.8, 4) is 0 Å². The molecule has 0 aromatic carbocycles. The van der Waals surface area contributed by atoms with Crippen molar-refractivity contribution in [2.75, 3.05) is 0 Å². The largest absolute Gasteiger partial charge is 0.0530 e. The number of hydrogen-bond donors (Lipinski definition) is 0. The molecular formula is C12H20. The van der Waals surface area contributed by atoms with Crippen LogP contribution in [0, 0.1) is 31.1 Å². The first-order valence-electron chi connectivity index (χ1n) is 5.52. The lowest BCUT2D eigenvalue weighted by atomic mass is 9.88. The van der Waals surface area contributed by atoms with Crippen LogP contribution < -0.4 is 0 Å². The molecule has 0 bridgehead atoms. The zero-order valence-electron chi connectivity index (χ0n) is 7.97. The molecule has 0 aromatic heterocycles. The lowest BCUT2D eigenvalue weighted by Gasteiger charge is -2.17. The van der Waals surface area contributed by atoms with Crippen molar-refractivity contribution in [2.45, 2.75) is 44.9 Å². The van der Waals surface area contributed by atoms with E-state index in [2.05, 4.69) is 13.3 Å². The van der Waals surface area contributed by atoms with Crippen LogP contribution in [0.1, 0.15) is 44.9 Å². The van der Waals surface area contributed by atoms with Gasteiger partial charge in [0.1, 0.15) is 0 Å². The summed E-state index contributed by atoms with van der Waals surface area (Å²) < 4.78 is 0. The average molecular weight is 164 g/mol. The standard InChI is InChI=1S/C12H20/c1-2-10-7-8-12(9-10)11-5-3-4-6-11/h8,10-12H,1-7,9H2. The van der Waals surface area contributed by atoms with E-state index >= 15 is 0 Å². The van der Waals surface area contributed by atoms with Gasteiger partial charge in [-0.05, 0) is 37.0 Å². The van der Waals surface area contributed by atoms with Gasteiger partial charge in [-0.15, -0.1) is 0 Å². The second kappa shape index (κ2) is 3.81. The van der Waals surface area contributed by atoms with Crippen molar-refractivity contribution >= 4 is 0 Å². The highest BCUT2D eigenvalue weighted by Crippen LogP contribution is 2.42. The molecule has 0 nitrogen and oxygen atoms in total. The van der Waals surface area contributed by atoms with E-state index in [0.717, 1.165) is 24.2 Å². The molecule has 0 saturated heterocycles. The Bertz CT molecular complexity index is 133. The summed E-state index contributed by atoms with van der Waals surface area (Å²) >= 11 is 0. The van der Waals surface area contributed by atoms with Crippen molar-refractivity contribution < 1.29 is 0 Å². The third-order valence-electron chi connectivity index (χ3n) is 3.79. The molecule has 2 rings (SSSR count). The van der Waals surface area contributed by atoms with Gasteiger partial charge in [0, 0.05) is 0 Å². The molecule has 0 aromatic rings. The van der Waals surface area contributed by atoms with Gasteiger partial charge in [0.2, 0.25) is 0 Å². The summed E-state index contributed by atoms with van der Waals surface area (Å²) in [6, 6.07) is 0. The normalized spacial score (nSPS) is 37.8. The quantitative estimate of drug-likeness (QED) is 0.584. The molecule has 2 aliphatic carbocycles. The van der Waals surface area contributed by atoms with Crippen LogP contribution in [0.25, 0.3) is 0 Å². The summed E-state index contributed by atoms with van der Waals surface area (Å²) in [5.41, 5.74) is 0. The zero-order valence-corrected chi connectivity index (χ0v) is 7.97. The van der Waals surface area contributed by atoms with Gasteiger partial charge in [-0.1, -0.05) is 39.0 Å². The molecule has 2 fully saturated rings. The van der Waals surface area contributed by atoms with E-state index in [0.29, 0.717) is 0 Å². The molecule has 2 radical (unpaired) electrons. The average Bonchev–Trinajstić information content (AvgIpc) is 2.75. The molecule has 0 heteroatoms. The Labute approximate surface area is 76.7 Å². The van der Waals surface area contributed by atoms with E-state index in [1.807, 2.05) is 0 Å². The molecule has 0 spiro atoms. The molecule has 0 amide bonds. The van der Waals surface area contributed by atoms with Gasteiger partial charge in [0.05, 0.1) is 0 Å². The van der Waals surface area contributed by atoms with Crippen molar-refractivity contribution in [3.05, 3.63) is 13.3 Å². The second-order valence-corrected chi connectivity index (χ2v) is 4.57. The highest BCUT2D eigenvalue weighted by Gasteiger charge is 2.31. The first-order valence-corrected chi connectivity index (χ1v) is 5.52. The van der Waals surface area contributed by atoms with Crippen LogP contribution in [0.15, 0.2) is 0 Å². The van der Waals surface area contributed by atoms with Crippen molar-refractivity contribution in [1.82, 2.24) is 0 Å². The minimum atomic E-state index is 0.926. The Morgan fingerprint density at radius 3 is 2.58 bits per heavy atom. The summed E-state index contributed by atoms with van der Waals surface area (Å²) in [4.78, 5) is 0. The third kappa shape index (κ3) is 1.67. The Morgan fingerprint density at radius 1 is 1.25 bits per heavy atom. The second-order valence-electron chi connectivity index (χ2n) is 4.57. The van der Waals surface area contributed by atoms with Gasteiger partial charge in [-0.3, -0.25) is 0 Å². The van der Waals surface area contributed by atoms with Crippen LogP contribution in [0.2, 0.25) is 0 Å². The summed E-state index contributed by atoms with van der Waals surface area (Å²) in [7, 11) is 0. The third-order valence-corrected chi connectivity index (χ3v) is 3.79. The fourth-order valence-electron chi connectivity index (χ4n) is 2.95. The summed E-state index contributed by atoms with van der Waals surface area (Å²) in [6.45, 7) is 4.01. The van der Waals surface area contributed by atoms with Crippen LogP contribution >= 0.6 is 0 Å². The highest BCUT2D eigenvalue weighted by atomic mass is 14.4. The topological polar surface area (TPSA) is 0 Å². The van der Waals surface area contributed by atoms with Crippen LogP contribution in [-0.2, 0) is 0 Å². The highest BCUT2D eigenvalue weighted by molar-refractivity contribution is 4.93. The van der Waals surface area contributed by atoms with Gasteiger partial charge >= 0.3 is 0 Å². The minimum Gasteiger partial charge on any atom is -0.0530 e. The number of hydrogen-bond acceptors (Lipinski definition) is 0. The first-order chi connectivity index (χ1) is 5.90. The molecule has 2 aliphatic rings. The molecule has 0 heterocycles. The zero-order chi connectivity index (χ0) is 8.39. The first kappa shape index (κ1) is 8.59. The van der Waals surface area contributed by atoms with Crippen LogP contribution in [0.4, 0.5) is 0 Å². The Hall–Kier alpha value is 0. The predicted octanol–water partition coefficient (Wildman–Crippen LogP) is 3.63. The fraction of sp³-hybridized carbons (Fsp3) is 0.833. The lowest BCUT2D eigenvalue weighted by Crippen LogP contribution is -2.08. The molecule has 0 N–H and O–H groups in total. The Morgan fingerprint density at radius 2 is 2.00 bits per heavy atom. The van der Waals surface area contributed by atoms with Gasteiger partial charge in [0.15, 0.2) is 0 Å². The van der Waals surface area contributed by atoms with E-state index in [4.69, 9.17) is 0 Å². The minimum absolute atomic E-state index is 0.926. The Kier molecular flexibility index (Phi) is 2.73. The predicted molar refractivity (Wildman–Crippen MR) is 52.4 cm³/mol. The van der Waals surface area contributed by atoms with Crippen molar-refractivity contribution in [2.24, 2.45) is 17.8 Å². The molecular weight excluding hydrogens is 144 g/mol. The fourth-order valence-corrected chi connectivity index (χ4v) is 2.95.